The zero-order chi connectivity index (χ0) is 13.3. The maximum absolute atomic E-state index is 11.4. The summed E-state index contributed by atoms with van der Waals surface area (Å²) in [6.45, 7) is 0. The SMILES string of the molecule is COc1cc2ccnc(S(=O)(=O)Cl)c2cc1OC. The van der Waals surface area contributed by atoms with Crippen molar-refractivity contribution in [1.82, 2.24) is 4.98 Å². The van der Waals surface area contributed by atoms with E-state index < -0.39 is 9.05 Å². The highest BCUT2D eigenvalue weighted by Crippen LogP contribution is 2.34. The number of halogens is 1. The Kier molecular flexibility index (Phi) is 3.32. The lowest BCUT2D eigenvalue weighted by Gasteiger charge is -2.10. The largest absolute Gasteiger partial charge is 0.493 e. The number of ether oxygens (including phenoxy) is 2. The molecule has 0 fully saturated rings. The first kappa shape index (κ1) is 12.9. The van der Waals surface area contributed by atoms with Gasteiger partial charge in [-0.05, 0) is 23.6 Å². The van der Waals surface area contributed by atoms with E-state index in [0.717, 1.165) is 0 Å². The first-order chi connectivity index (χ1) is 8.47. The second-order valence-electron chi connectivity index (χ2n) is 3.48. The topological polar surface area (TPSA) is 65.5 Å². The van der Waals surface area contributed by atoms with Crippen LogP contribution >= 0.6 is 10.7 Å². The molecule has 1 heterocycles. The van der Waals surface area contributed by atoms with E-state index in [-0.39, 0.29) is 5.03 Å². The van der Waals surface area contributed by atoms with Gasteiger partial charge in [-0.15, -0.1) is 0 Å². The Balaban J connectivity index is 2.86. The Morgan fingerprint density at radius 3 is 2.33 bits per heavy atom. The molecule has 0 bridgehead atoms. The van der Waals surface area contributed by atoms with E-state index in [2.05, 4.69) is 4.98 Å². The second kappa shape index (κ2) is 4.62. The van der Waals surface area contributed by atoms with Gasteiger partial charge >= 0.3 is 0 Å². The van der Waals surface area contributed by atoms with Crippen LogP contribution in [0.2, 0.25) is 0 Å². The van der Waals surface area contributed by atoms with Crippen LogP contribution in [-0.2, 0) is 9.05 Å². The molecule has 96 valence electrons. The van der Waals surface area contributed by atoms with E-state index in [1.807, 2.05) is 0 Å². The summed E-state index contributed by atoms with van der Waals surface area (Å²) in [5.41, 5.74) is 0. The van der Waals surface area contributed by atoms with E-state index in [1.54, 1.807) is 12.1 Å². The third-order valence-corrected chi connectivity index (χ3v) is 3.69. The zero-order valence-corrected chi connectivity index (χ0v) is 11.2. The molecule has 18 heavy (non-hydrogen) atoms. The van der Waals surface area contributed by atoms with Crippen LogP contribution in [0, 0.1) is 0 Å². The van der Waals surface area contributed by atoms with Crippen LogP contribution in [0.1, 0.15) is 0 Å². The van der Waals surface area contributed by atoms with Gasteiger partial charge in [-0.25, -0.2) is 13.4 Å². The number of hydrogen-bond acceptors (Lipinski definition) is 5. The fourth-order valence-corrected chi connectivity index (χ4v) is 2.66. The van der Waals surface area contributed by atoms with Crippen molar-refractivity contribution in [2.75, 3.05) is 14.2 Å². The average Bonchev–Trinajstić information content (AvgIpc) is 2.35. The molecule has 0 aliphatic rings. The summed E-state index contributed by atoms with van der Waals surface area (Å²) in [5, 5.41) is 0.856. The van der Waals surface area contributed by atoms with Gasteiger partial charge in [-0.2, -0.15) is 0 Å². The lowest BCUT2D eigenvalue weighted by molar-refractivity contribution is 0.356. The number of pyridine rings is 1. The first-order valence-electron chi connectivity index (χ1n) is 4.93. The summed E-state index contributed by atoms with van der Waals surface area (Å²) in [6, 6.07) is 4.88. The van der Waals surface area contributed by atoms with E-state index in [9.17, 15) is 8.42 Å². The highest BCUT2D eigenvalue weighted by molar-refractivity contribution is 8.13. The molecule has 1 aromatic carbocycles. The molecule has 1 aromatic heterocycles. The molecule has 2 aromatic rings. The number of nitrogens with zero attached hydrogens (tertiary/aromatic N) is 1. The Hall–Kier alpha value is -1.53. The third kappa shape index (κ3) is 2.21. The Morgan fingerprint density at radius 1 is 1.17 bits per heavy atom. The summed E-state index contributed by atoms with van der Waals surface area (Å²) in [5.74, 6) is 0.925. The number of benzene rings is 1. The minimum Gasteiger partial charge on any atom is -0.493 e. The Bertz CT molecular complexity index is 700. The summed E-state index contributed by atoms with van der Waals surface area (Å²) in [4.78, 5) is 3.79. The number of rotatable bonds is 3. The summed E-state index contributed by atoms with van der Waals surface area (Å²) in [6.07, 6.45) is 1.38. The molecule has 0 N–H and O–H groups in total. The maximum atomic E-state index is 11.4. The van der Waals surface area contributed by atoms with Gasteiger partial charge in [0.25, 0.3) is 9.05 Å². The van der Waals surface area contributed by atoms with E-state index in [0.29, 0.717) is 22.3 Å². The van der Waals surface area contributed by atoms with Gasteiger partial charge in [0, 0.05) is 22.3 Å². The van der Waals surface area contributed by atoms with Crippen LogP contribution in [0.4, 0.5) is 0 Å². The second-order valence-corrected chi connectivity index (χ2v) is 5.96. The van der Waals surface area contributed by atoms with Crippen LogP contribution < -0.4 is 9.47 Å². The minimum absolute atomic E-state index is 0.192. The molecule has 0 aliphatic carbocycles. The molecule has 0 amide bonds. The molecule has 0 spiro atoms. The standard InChI is InChI=1S/C11H10ClNO4S/c1-16-9-5-7-3-4-13-11(18(12,14)15)8(7)6-10(9)17-2/h3-6H,1-2H3. The molecule has 0 aliphatic heterocycles. The van der Waals surface area contributed by atoms with Crippen molar-refractivity contribution in [3.05, 3.63) is 24.4 Å². The smallest absolute Gasteiger partial charge is 0.279 e. The van der Waals surface area contributed by atoms with Crippen molar-refractivity contribution in [3.63, 3.8) is 0 Å². The number of aromatic nitrogens is 1. The Morgan fingerprint density at radius 2 is 1.78 bits per heavy atom. The fraction of sp³-hybridized carbons (Fsp3) is 0.182. The van der Waals surface area contributed by atoms with Crippen LogP contribution in [0.15, 0.2) is 29.4 Å². The number of hydrogen-bond donors (Lipinski definition) is 0. The normalized spacial score (nSPS) is 11.5. The van der Waals surface area contributed by atoms with E-state index >= 15 is 0 Å². The van der Waals surface area contributed by atoms with Gasteiger partial charge in [0.15, 0.2) is 16.5 Å². The van der Waals surface area contributed by atoms with Crippen molar-refractivity contribution in [2.24, 2.45) is 0 Å². The molecular formula is C11H10ClNO4S. The number of methoxy groups -OCH3 is 2. The summed E-state index contributed by atoms with van der Waals surface area (Å²) in [7, 11) is 4.41. The van der Waals surface area contributed by atoms with Crippen molar-refractivity contribution in [2.45, 2.75) is 5.03 Å². The molecule has 0 atom stereocenters. The highest BCUT2D eigenvalue weighted by Gasteiger charge is 2.18. The fourth-order valence-electron chi connectivity index (χ4n) is 1.67. The number of fused-ring (bicyclic) bond motifs is 1. The third-order valence-electron chi connectivity index (χ3n) is 2.46. The first-order valence-corrected chi connectivity index (χ1v) is 7.23. The van der Waals surface area contributed by atoms with Gasteiger partial charge in [0.1, 0.15) is 0 Å². The average molecular weight is 288 g/mol. The highest BCUT2D eigenvalue weighted by atomic mass is 35.7. The molecule has 2 rings (SSSR count). The summed E-state index contributed by atoms with van der Waals surface area (Å²) < 4.78 is 33.1. The minimum atomic E-state index is -3.91. The van der Waals surface area contributed by atoms with Crippen molar-refractivity contribution < 1.29 is 17.9 Å². The molecular weight excluding hydrogens is 278 g/mol. The van der Waals surface area contributed by atoms with Gasteiger partial charge in [-0.1, -0.05) is 0 Å². The van der Waals surface area contributed by atoms with Crippen LogP contribution in [0.25, 0.3) is 10.8 Å². The van der Waals surface area contributed by atoms with E-state index in [4.69, 9.17) is 20.2 Å². The van der Waals surface area contributed by atoms with Gasteiger partial charge in [0.2, 0.25) is 0 Å². The molecule has 5 nitrogen and oxygen atoms in total. The predicted octanol–water partition coefficient (Wildman–Crippen LogP) is 2.18. The van der Waals surface area contributed by atoms with Crippen molar-refractivity contribution in [3.8, 4) is 11.5 Å². The van der Waals surface area contributed by atoms with Gasteiger partial charge < -0.3 is 9.47 Å². The van der Waals surface area contributed by atoms with Crippen LogP contribution in [0.5, 0.6) is 11.5 Å². The monoisotopic (exact) mass is 287 g/mol. The van der Waals surface area contributed by atoms with Crippen molar-refractivity contribution >= 4 is 30.5 Å². The maximum Gasteiger partial charge on any atom is 0.279 e. The van der Waals surface area contributed by atoms with Crippen LogP contribution in [0.3, 0.4) is 0 Å². The zero-order valence-electron chi connectivity index (χ0n) is 9.68. The Labute approximate surface area is 109 Å². The van der Waals surface area contributed by atoms with Crippen LogP contribution in [-0.4, -0.2) is 27.6 Å². The molecule has 0 saturated carbocycles. The molecule has 7 heteroatoms. The van der Waals surface area contributed by atoms with Crippen molar-refractivity contribution in [1.29, 1.82) is 0 Å². The lowest BCUT2D eigenvalue weighted by Crippen LogP contribution is -1.97. The summed E-state index contributed by atoms with van der Waals surface area (Å²) >= 11 is 0. The molecule has 0 radical (unpaired) electrons. The predicted molar refractivity (Wildman–Crippen MR) is 67.9 cm³/mol. The van der Waals surface area contributed by atoms with Gasteiger partial charge in [-0.3, -0.25) is 0 Å². The lowest BCUT2D eigenvalue weighted by atomic mass is 10.1. The molecule has 0 unspecified atom stereocenters. The molecule has 0 saturated heterocycles. The van der Waals surface area contributed by atoms with Gasteiger partial charge in [0.05, 0.1) is 14.2 Å². The quantitative estimate of drug-likeness (QED) is 0.810. The van der Waals surface area contributed by atoms with E-state index in [1.165, 1.54) is 26.5 Å².